The average Bonchev–Trinajstić information content (AvgIpc) is 3.29. The number of carbonyl (C=O) groups excluding carboxylic acids is 1. The number of hydrogen-bond donors (Lipinski definition) is 1. The third kappa shape index (κ3) is 4.15. The molecule has 5 rings (SSSR count). The molecule has 3 aromatic carbocycles. The lowest BCUT2D eigenvalue weighted by atomic mass is 10.00. The molecule has 0 radical (unpaired) electrons. The van der Waals surface area contributed by atoms with Gasteiger partial charge >= 0.3 is 5.97 Å². The molecule has 1 N–H and O–H groups in total. The number of nitriles is 1. The Bertz CT molecular complexity index is 1750. The first kappa shape index (κ1) is 23.6. The van der Waals surface area contributed by atoms with E-state index in [9.17, 15) is 14.0 Å². The van der Waals surface area contributed by atoms with Gasteiger partial charge in [0, 0.05) is 17.2 Å². The third-order valence-corrected chi connectivity index (χ3v) is 5.81. The molecule has 2 heterocycles. The topological polar surface area (TPSA) is 100 Å². The first-order valence-corrected chi connectivity index (χ1v) is 11.3. The first-order valence-electron chi connectivity index (χ1n) is 11.3. The van der Waals surface area contributed by atoms with Crippen molar-refractivity contribution in [3.63, 3.8) is 0 Å². The Kier molecular flexibility index (Phi) is 6.07. The van der Waals surface area contributed by atoms with Gasteiger partial charge in [0.2, 0.25) is 0 Å². The number of hydrogen-bond acceptors (Lipinski definition) is 5. The number of fused-ring (bicyclic) bond motifs is 1. The maximum Gasteiger partial charge on any atom is 0.346 e. The predicted octanol–water partition coefficient (Wildman–Crippen LogP) is 5.35. The molecule has 0 amide bonds. The van der Waals surface area contributed by atoms with Crippen molar-refractivity contribution < 1.29 is 18.3 Å². The van der Waals surface area contributed by atoms with Crippen LogP contribution in [0.25, 0.3) is 39.3 Å². The molecule has 0 atom stereocenters. The van der Waals surface area contributed by atoms with Crippen LogP contribution in [-0.2, 0) is 4.74 Å². The van der Waals surface area contributed by atoms with Gasteiger partial charge in [0.1, 0.15) is 23.0 Å². The molecule has 2 aromatic heterocycles. The van der Waals surface area contributed by atoms with Gasteiger partial charge in [-0.25, -0.2) is 13.6 Å². The van der Waals surface area contributed by atoms with Crippen molar-refractivity contribution in [2.75, 3.05) is 6.61 Å². The van der Waals surface area contributed by atoms with Crippen molar-refractivity contribution in [2.24, 2.45) is 0 Å². The van der Waals surface area contributed by atoms with Crippen LogP contribution in [0.15, 0.2) is 77.6 Å². The van der Waals surface area contributed by atoms with E-state index >= 15 is 4.39 Å². The molecule has 0 aliphatic carbocycles. The summed E-state index contributed by atoms with van der Waals surface area (Å²) < 4.78 is 35.0. The van der Waals surface area contributed by atoms with E-state index in [0.717, 1.165) is 16.6 Å². The highest BCUT2D eigenvalue weighted by Gasteiger charge is 2.27. The molecular formula is C28H18F2N4O3. The fourth-order valence-corrected chi connectivity index (χ4v) is 4.14. The molecule has 7 nitrogen and oxygen atoms in total. The molecule has 0 fully saturated rings. The summed E-state index contributed by atoms with van der Waals surface area (Å²) in [5.41, 5.74) is 1.01. The zero-order valence-corrected chi connectivity index (χ0v) is 19.5. The summed E-state index contributed by atoms with van der Waals surface area (Å²) in [4.78, 5) is 29.7. The summed E-state index contributed by atoms with van der Waals surface area (Å²) >= 11 is 0. The zero-order valence-electron chi connectivity index (χ0n) is 19.5. The number of carbonyl (C=O) groups is 1. The highest BCUT2D eigenvalue weighted by atomic mass is 19.1. The van der Waals surface area contributed by atoms with Crippen LogP contribution in [0, 0.1) is 23.0 Å². The minimum Gasteiger partial charge on any atom is -0.462 e. The molecule has 0 bridgehead atoms. The minimum atomic E-state index is -0.865. The molecule has 182 valence electrons. The number of halogens is 2. The Morgan fingerprint density at radius 2 is 1.78 bits per heavy atom. The Balaban J connectivity index is 1.91. The van der Waals surface area contributed by atoms with Gasteiger partial charge in [-0.3, -0.25) is 4.79 Å². The zero-order chi connectivity index (χ0) is 26.1. The molecule has 0 saturated heterocycles. The van der Waals surface area contributed by atoms with E-state index in [0.29, 0.717) is 16.7 Å². The molecule has 0 unspecified atom stereocenters. The van der Waals surface area contributed by atoms with Crippen LogP contribution in [0.2, 0.25) is 0 Å². The highest BCUT2D eigenvalue weighted by molar-refractivity contribution is 5.98. The van der Waals surface area contributed by atoms with E-state index in [-0.39, 0.29) is 40.3 Å². The van der Waals surface area contributed by atoms with Gasteiger partial charge in [-0.1, -0.05) is 42.5 Å². The summed E-state index contributed by atoms with van der Waals surface area (Å²) in [5, 5.41) is 13.6. The maximum absolute atomic E-state index is 15.1. The highest BCUT2D eigenvalue weighted by Crippen LogP contribution is 2.36. The van der Waals surface area contributed by atoms with Crippen LogP contribution in [0.1, 0.15) is 22.8 Å². The third-order valence-electron chi connectivity index (χ3n) is 5.81. The average molecular weight is 496 g/mol. The van der Waals surface area contributed by atoms with E-state index in [4.69, 9.17) is 10.00 Å². The van der Waals surface area contributed by atoms with Gasteiger partial charge in [0.15, 0.2) is 5.56 Å². The number of rotatable bonds is 5. The fourth-order valence-electron chi connectivity index (χ4n) is 4.14. The quantitative estimate of drug-likeness (QED) is 0.331. The molecule has 5 aromatic rings. The summed E-state index contributed by atoms with van der Waals surface area (Å²) in [6.07, 6.45) is 0. The Morgan fingerprint density at radius 1 is 1.05 bits per heavy atom. The van der Waals surface area contributed by atoms with Gasteiger partial charge in [-0.15, -0.1) is 0 Å². The van der Waals surface area contributed by atoms with Crippen molar-refractivity contribution in [1.29, 1.82) is 5.26 Å². The number of ether oxygens (including phenoxy) is 1. The molecule has 0 aliphatic heterocycles. The summed E-state index contributed by atoms with van der Waals surface area (Å²) in [7, 11) is 0. The van der Waals surface area contributed by atoms with E-state index in [1.165, 1.54) is 6.07 Å². The molecular weight excluding hydrogens is 478 g/mol. The van der Waals surface area contributed by atoms with E-state index < -0.39 is 23.2 Å². The standard InChI is InChI=1S/C28H18F2N4O3/c1-2-37-28(36)23-24(18-10-8-16(15-31)9-11-18)32-26-22(20-13-12-19(29)14-21(20)30)25(33-34(26)27(23)35)17-6-4-3-5-7-17/h3-14,32H,2H2,1H3. The fraction of sp³-hybridized carbons (Fsp3) is 0.0714. The van der Waals surface area contributed by atoms with Crippen molar-refractivity contribution in [3.8, 4) is 39.7 Å². The largest absolute Gasteiger partial charge is 0.462 e. The minimum absolute atomic E-state index is 0.0144. The lowest BCUT2D eigenvalue weighted by molar-refractivity contribution is 0.0524. The van der Waals surface area contributed by atoms with Crippen LogP contribution < -0.4 is 5.56 Å². The van der Waals surface area contributed by atoms with E-state index in [2.05, 4.69) is 10.1 Å². The molecule has 0 spiro atoms. The number of aromatic nitrogens is 3. The van der Waals surface area contributed by atoms with Crippen LogP contribution in [0.3, 0.4) is 0 Å². The number of nitrogens with one attached hydrogen (secondary N) is 1. The Morgan fingerprint density at radius 3 is 2.43 bits per heavy atom. The number of benzene rings is 3. The van der Waals surface area contributed by atoms with Gasteiger partial charge in [0.25, 0.3) is 5.56 Å². The van der Waals surface area contributed by atoms with Crippen LogP contribution >= 0.6 is 0 Å². The van der Waals surface area contributed by atoms with E-state index in [1.807, 2.05) is 6.07 Å². The number of H-pyrrole nitrogens is 1. The molecule has 0 saturated carbocycles. The van der Waals surface area contributed by atoms with Crippen molar-refractivity contribution in [1.82, 2.24) is 14.6 Å². The van der Waals surface area contributed by atoms with Gasteiger partial charge < -0.3 is 9.72 Å². The van der Waals surface area contributed by atoms with Gasteiger partial charge in [-0.2, -0.15) is 14.9 Å². The summed E-state index contributed by atoms with van der Waals surface area (Å²) in [6, 6.07) is 20.2. The van der Waals surface area contributed by atoms with Crippen LogP contribution in [0.5, 0.6) is 0 Å². The molecule has 0 aliphatic rings. The predicted molar refractivity (Wildman–Crippen MR) is 133 cm³/mol. The summed E-state index contributed by atoms with van der Waals surface area (Å²) in [5.74, 6) is -2.46. The normalized spacial score (nSPS) is 10.9. The molecule has 9 heteroatoms. The maximum atomic E-state index is 15.1. The molecule has 37 heavy (non-hydrogen) atoms. The van der Waals surface area contributed by atoms with E-state index in [1.54, 1.807) is 61.5 Å². The van der Waals surface area contributed by atoms with Gasteiger partial charge in [-0.05, 0) is 36.8 Å². The van der Waals surface area contributed by atoms with Crippen molar-refractivity contribution in [2.45, 2.75) is 6.92 Å². The van der Waals surface area contributed by atoms with Crippen molar-refractivity contribution >= 4 is 11.6 Å². The smallest absolute Gasteiger partial charge is 0.346 e. The SMILES string of the molecule is CCOC(=O)c1c(-c2ccc(C#N)cc2)[nH]c2c(-c3ccc(F)cc3F)c(-c3ccccc3)nn2c1=O. The Hall–Kier alpha value is -5.10. The second-order valence-electron chi connectivity index (χ2n) is 8.06. The van der Waals surface area contributed by atoms with Crippen molar-refractivity contribution in [3.05, 3.63) is 106 Å². The first-order chi connectivity index (χ1) is 17.9. The van der Waals surface area contributed by atoms with Crippen LogP contribution in [0.4, 0.5) is 8.78 Å². The lowest BCUT2D eigenvalue weighted by Gasteiger charge is -2.11. The number of esters is 1. The van der Waals surface area contributed by atoms with Gasteiger partial charge in [0.05, 0.1) is 29.5 Å². The lowest BCUT2D eigenvalue weighted by Crippen LogP contribution is -2.26. The second-order valence-corrected chi connectivity index (χ2v) is 8.06. The summed E-state index contributed by atoms with van der Waals surface area (Å²) in [6.45, 7) is 1.65. The monoisotopic (exact) mass is 496 g/mol. The Labute approximate surface area is 209 Å². The number of nitrogens with zero attached hydrogens (tertiary/aromatic N) is 3. The second kappa shape index (κ2) is 9.51. The van der Waals surface area contributed by atoms with Crippen LogP contribution in [-0.4, -0.2) is 27.2 Å². The number of aromatic amines is 1.